The zero-order valence-electron chi connectivity index (χ0n) is 12.7. The SMILES string of the molecule is Cc1cc([N+](=O)[O-])c(Cl)c(S(=O)(=O)N2C3CCNCC2CC3)c1. The lowest BCUT2D eigenvalue weighted by Crippen LogP contribution is -2.42. The highest BCUT2D eigenvalue weighted by molar-refractivity contribution is 7.89. The molecule has 2 bridgehead atoms. The van der Waals surface area contributed by atoms with E-state index in [1.807, 2.05) is 0 Å². The maximum atomic E-state index is 13.1. The van der Waals surface area contributed by atoms with Crippen LogP contribution in [0.2, 0.25) is 5.02 Å². The lowest BCUT2D eigenvalue weighted by atomic mass is 10.1. The summed E-state index contributed by atoms with van der Waals surface area (Å²) in [4.78, 5) is 10.3. The first-order valence-electron chi connectivity index (χ1n) is 7.51. The average Bonchev–Trinajstić information content (AvgIpc) is 2.74. The smallest absolute Gasteiger partial charge is 0.289 e. The molecule has 3 rings (SSSR count). The number of sulfonamides is 1. The number of hydrogen-bond acceptors (Lipinski definition) is 5. The molecule has 2 saturated heterocycles. The molecule has 1 N–H and O–H groups in total. The van der Waals surface area contributed by atoms with Crippen molar-refractivity contribution in [3.05, 3.63) is 32.8 Å². The van der Waals surface area contributed by atoms with E-state index in [9.17, 15) is 18.5 Å². The van der Waals surface area contributed by atoms with Gasteiger partial charge < -0.3 is 5.32 Å². The van der Waals surface area contributed by atoms with Crippen LogP contribution in [0.5, 0.6) is 0 Å². The van der Waals surface area contributed by atoms with Crippen molar-refractivity contribution in [2.24, 2.45) is 0 Å². The molecule has 0 radical (unpaired) electrons. The maximum absolute atomic E-state index is 13.1. The van der Waals surface area contributed by atoms with E-state index in [0.717, 1.165) is 25.8 Å². The standard InChI is InChI=1S/C14H18ClN3O4S/c1-9-6-12(18(19)20)14(15)13(7-9)23(21,22)17-10-2-3-11(17)8-16-5-4-10/h6-7,10-11,16H,2-5,8H2,1H3. The minimum atomic E-state index is -3.87. The Hall–Kier alpha value is -1.22. The fourth-order valence-corrected chi connectivity index (χ4v) is 6.02. The number of rotatable bonds is 3. The van der Waals surface area contributed by atoms with Gasteiger partial charge in [0.15, 0.2) is 0 Å². The van der Waals surface area contributed by atoms with E-state index in [1.165, 1.54) is 16.4 Å². The van der Waals surface area contributed by atoms with Crippen molar-refractivity contribution in [2.75, 3.05) is 13.1 Å². The summed E-state index contributed by atoms with van der Waals surface area (Å²) in [6, 6.07) is 2.52. The molecule has 2 fully saturated rings. The molecule has 126 valence electrons. The predicted molar refractivity (Wildman–Crippen MR) is 86.2 cm³/mol. The van der Waals surface area contributed by atoms with E-state index in [4.69, 9.17) is 11.6 Å². The van der Waals surface area contributed by atoms with Crippen LogP contribution in [-0.4, -0.2) is 42.8 Å². The van der Waals surface area contributed by atoms with Crippen LogP contribution in [0.15, 0.2) is 17.0 Å². The van der Waals surface area contributed by atoms with Gasteiger partial charge in [-0.2, -0.15) is 4.31 Å². The first-order valence-corrected chi connectivity index (χ1v) is 9.33. The highest BCUT2D eigenvalue weighted by atomic mass is 35.5. The summed E-state index contributed by atoms with van der Waals surface area (Å²) in [5.41, 5.74) is 0.130. The van der Waals surface area contributed by atoms with Gasteiger partial charge >= 0.3 is 0 Å². The fraction of sp³-hybridized carbons (Fsp3) is 0.571. The zero-order chi connectivity index (χ0) is 16.8. The summed E-state index contributed by atoms with van der Waals surface area (Å²) in [5.74, 6) is 0. The number of nitro benzene ring substituents is 1. The average molecular weight is 360 g/mol. The van der Waals surface area contributed by atoms with Gasteiger partial charge in [-0.05, 0) is 44.4 Å². The summed E-state index contributed by atoms with van der Waals surface area (Å²) in [7, 11) is -3.87. The summed E-state index contributed by atoms with van der Waals surface area (Å²) in [6.07, 6.45) is 2.35. The van der Waals surface area contributed by atoms with E-state index < -0.39 is 14.9 Å². The van der Waals surface area contributed by atoms with Crippen LogP contribution < -0.4 is 5.32 Å². The molecule has 2 unspecified atom stereocenters. The Morgan fingerprint density at radius 2 is 2.00 bits per heavy atom. The van der Waals surface area contributed by atoms with Crippen LogP contribution in [0.1, 0.15) is 24.8 Å². The first kappa shape index (κ1) is 16.6. The minimum absolute atomic E-state index is 0.0735. The minimum Gasteiger partial charge on any atom is -0.315 e. The highest BCUT2D eigenvalue weighted by Gasteiger charge is 2.44. The molecular formula is C14H18ClN3O4S. The molecule has 2 aliphatic heterocycles. The summed E-state index contributed by atoms with van der Waals surface area (Å²) in [6.45, 7) is 3.00. The lowest BCUT2D eigenvalue weighted by Gasteiger charge is -2.27. The van der Waals surface area contributed by atoms with Crippen LogP contribution >= 0.6 is 11.6 Å². The monoisotopic (exact) mass is 359 g/mol. The van der Waals surface area contributed by atoms with Crippen molar-refractivity contribution in [2.45, 2.75) is 43.2 Å². The molecule has 0 spiro atoms. The summed E-state index contributed by atoms with van der Waals surface area (Å²) >= 11 is 6.07. The number of fused-ring (bicyclic) bond motifs is 2. The van der Waals surface area contributed by atoms with Crippen LogP contribution in [0.4, 0.5) is 5.69 Å². The second kappa shape index (κ2) is 6.01. The third kappa shape index (κ3) is 2.84. The number of nitrogens with one attached hydrogen (secondary N) is 1. The number of halogens is 1. The molecule has 2 heterocycles. The van der Waals surface area contributed by atoms with Gasteiger partial charge in [-0.3, -0.25) is 10.1 Å². The Labute approximate surface area is 139 Å². The number of aryl methyl sites for hydroxylation is 1. The molecule has 2 atom stereocenters. The van der Waals surface area contributed by atoms with Gasteiger partial charge in [0.25, 0.3) is 5.69 Å². The predicted octanol–water partition coefficient (Wildman–Crippen LogP) is 2.07. The number of hydrogen-bond donors (Lipinski definition) is 1. The first-order chi connectivity index (χ1) is 10.8. The van der Waals surface area contributed by atoms with Crippen molar-refractivity contribution in [1.29, 1.82) is 0 Å². The van der Waals surface area contributed by atoms with Gasteiger partial charge in [0, 0.05) is 24.7 Å². The van der Waals surface area contributed by atoms with Crippen LogP contribution in [0, 0.1) is 17.0 Å². The Balaban J connectivity index is 2.12. The van der Waals surface area contributed by atoms with Crippen LogP contribution in [0.3, 0.4) is 0 Å². The Kier molecular flexibility index (Phi) is 4.35. The van der Waals surface area contributed by atoms with Crippen molar-refractivity contribution in [3.8, 4) is 0 Å². The molecule has 2 aliphatic rings. The fourth-order valence-electron chi connectivity index (χ4n) is 3.48. The van der Waals surface area contributed by atoms with E-state index in [2.05, 4.69) is 5.32 Å². The van der Waals surface area contributed by atoms with Gasteiger partial charge in [-0.1, -0.05) is 11.6 Å². The Morgan fingerprint density at radius 3 is 2.70 bits per heavy atom. The van der Waals surface area contributed by atoms with E-state index in [-0.39, 0.29) is 27.7 Å². The van der Waals surface area contributed by atoms with Crippen molar-refractivity contribution < 1.29 is 13.3 Å². The molecule has 0 amide bonds. The summed E-state index contributed by atoms with van der Waals surface area (Å²) < 4.78 is 27.8. The van der Waals surface area contributed by atoms with Crippen LogP contribution in [-0.2, 0) is 10.0 Å². The van der Waals surface area contributed by atoms with Gasteiger partial charge in [-0.25, -0.2) is 8.42 Å². The van der Waals surface area contributed by atoms with Crippen molar-refractivity contribution >= 4 is 27.3 Å². The van der Waals surface area contributed by atoms with Gasteiger partial charge in [0.2, 0.25) is 10.0 Å². The summed E-state index contributed by atoms with van der Waals surface area (Å²) in [5, 5.41) is 14.1. The second-order valence-corrected chi connectivity index (χ2v) is 8.26. The molecule has 0 aromatic heterocycles. The lowest BCUT2D eigenvalue weighted by molar-refractivity contribution is -0.385. The molecular weight excluding hydrogens is 342 g/mol. The van der Waals surface area contributed by atoms with Crippen molar-refractivity contribution in [1.82, 2.24) is 9.62 Å². The quantitative estimate of drug-likeness (QED) is 0.658. The number of benzene rings is 1. The molecule has 9 heteroatoms. The molecule has 1 aromatic carbocycles. The molecule has 0 saturated carbocycles. The topological polar surface area (TPSA) is 92.5 Å². The zero-order valence-corrected chi connectivity index (χ0v) is 14.2. The third-order valence-electron chi connectivity index (χ3n) is 4.50. The molecule has 7 nitrogen and oxygen atoms in total. The Bertz CT molecular complexity index is 739. The number of nitro groups is 1. The van der Waals surface area contributed by atoms with Gasteiger partial charge in [0.1, 0.15) is 9.92 Å². The third-order valence-corrected chi connectivity index (χ3v) is 7.04. The molecule has 0 aliphatic carbocycles. The van der Waals surface area contributed by atoms with E-state index >= 15 is 0 Å². The Morgan fingerprint density at radius 1 is 1.30 bits per heavy atom. The van der Waals surface area contributed by atoms with E-state index in [0.29, 0.717) is 12.1 Å². The van der Waals surface area contributed by atoms with Crippen molar-refractivity contribution in [3.63, 3.8) is 0 Å². The maximum Gasteiger partial charge on any atom is 0.289 e. The largest absolute Gasteiger partial charge is 0.315 e. The van der Waals surface area contributed by atoms with Gasteiger partial charge in [0.05, 0.1) is 4.92 Å². The molecule has 1 aromatic rings. The number of nitrogens with zero attached hydrogens (tertiary/aromatic N) is 2. The van der Waals surface area contributed by atoms with Crippen LogP contribution in [0.25, 0.3) is 0 Å². The van der Waals surface area contributed by atoms with Gasteiger partial charge in [-0.15, -0.1) is 0 Å². The highest BCUT2D eigenvalue weighted by Crippen LogP contribution is 2.39. The van der Waals surface area contributed by atoms with E-state index in [1.54, 1.807) is 6.92 Å². The normalized spacial score (nSPS) is 25.3. The molecule has 23 heavy (non-hydrogen) atoms. The second-order valence-electron chi connectivity index (χ2n) is 6.07.